The molecule has 3 aromatic rings. The maximum Gasteiger partial charge on any atom is 0.303 e. The van der Waals surface area contributed by atoms with Crippen LogP contribution < -0.4 is 5.32 Å². The van der Waals surface area contributed by atoms with Gasteiger partial charge in [-0.25, -0.2) is 4.39 Å². The maximum atomic E-state index is 13.4. The molecule has 7 heteroatoms. The van der Waals surface area contributed by atoms with Crippen LogP contribution in [-0.4, -0.2) is 17.0 Å². The fourth-order valence-electron chi connectivity index (χ4n) is 4.45. The van der Waals surface area contributed by atoms with Gasteiger partial charge in [0.2, 0.25) is 5.91 Å². The zero-order valence-electron chi connectivity index (χ0n) is 17.9. The second-order valence-corrected chi connectivity index (χ2v) is 9.41. The predicted octanol–water partition coefficient (Wildman–Crippen LogP) is 5.33. The van der Waals surface area contributed by atoms with Gasteiger partial charge in [0.25, 0.3) is 0 Å². The number of nitrogens with one attached hydrogen (secondary N) is 1. The lowest BCUT2D eigenvalue weighted by atomic mass is 9.62. The summed E-state index contributed by atoms with van der Waals surface area (Å²) in [7, 11) is 0. The van der Waals surface area contributed by atoms with E-state index in [-0.39, 0.29) is 23.5 Å². The number of phenols is 1. The average molecular weight is 559 g/mol. The van der Waals surface area contributed by atoms with Gasteiger partial charge in [-0.05, 0) is 88.5 Å². The van der Waals surface area contributed by atoms with Gasteiger partial charge < -0.3 is 15.2 Å². The van der Waals surface area contributed by atoms with Crippen LogP contribution in [-0.2, 0) is 19.7 Å². The lowest BCUT2D eigenvalue weighted by Crippen LogP contribution is -2.64. The van der Waals surface area contributed by atoms with E-state index in [9.17, 15) is 19.1 Å². The largest absolute Gasteiger partial charge is 0.508 e. The molecular weight excluding hydrogens is 536 g/mol. The van der Waals surface area contributed by atoms with Crippen LogP contribution in [0.2, 0.25) is 0 Å². The summed E-state index contributed by atoms with van der Waals surface area (Å²) in [6, 6.07) is 20.1. The van der Waals surface area contributed by atoms with Crippen LogP contribution in [0.15, 0.2) is 72.8 Å². The highest BCUT2D eigenvalue weighted by Crippen LogP contribution is 2.49. The van der Waals surface area contributed by atoms with Gasteiger partial charge in [-0.2, -0.15) is 0 Å². The Kier molecular flexibility index (Phi) is 6.69. The molecule has 33 heavy (non-hydrogen) atoms. The standard InChI is InChI=1S/C26H23FINO4/c1-16(30)33-23(17-2-8-20(27)9-3-17)14-15-26(19-6-10-21(28)11-7-19)24(29-25(26)32)18-4-12-22(31)13-5-18/h2-13,23-24,31H,14-15H2,1H3,(H,29,32)/t23?,24-,26+/m0/s1. The molecule has 3 aromatic carbocycles. The minimum absolute atomic E-state index is 0.109. The van der Waals surface area contributed by atoms with Gasteiger partial charge in [0.15, 0.2) is 0 Å². The summed E-state index contributed by atoms with van der Waals surface area (Å²) >= 11 is 2.22. The Morgan fingerprint density at radius 2 is 1.73 bits per heavy atom. The van der Waals surface area contributed by atoms with Crippen molar-refractivity contribution in [2.24, 2.45) is 0 Å². The van der Waals surface area contributed by atoms with Crippen molar-refractivity contribution in [3.63, 3.8) is 0 Å². The van der Waals surface area contributed by atoms with E-state index < -0.39 is 17.5 Å². The van der Waals surface area contributed by atoms with Gasteiger partial charge in [-0.15, -0.1) is 0 Å². The summed E-state index contributed by atoms with van der Waals surface area (Å²) in [5, 5.41) is 12.7. The van der Waals surface area contributed by atoms with E-state index in [0.29, 0.717) is 18.4 Å². The lowest BCUT2D eigenvalue weighted by molar-refractivity contribution is -0.148. The average Bonchev–Trinajstić information content (AvgIpc) is 2.79. The van der Waals surface area contributed by atoms with Crippen LogP contribution in [0.4, 0.5) is 4.39 Å². The van der Waals surface area contributed by atoms with Crippen molar-refractivity contribution in [1.82, 2.24) is 5.32 Å². The molecule has 0 aromatic heterocycles. The number of phenolic OH excluding ortho intramolecular Hbond substituents is 1. The second kappa shape index (κ2) is 9.51. The first kappa shape index (κ1) is 23.2. The predicted molar refractivity (Wildman–Crippen MR) is 130 cm³/mol. The molecule has 0 aliphatic carbocycles. The maximum absolute atomic E-state index is 13.4. The van der Waals surface area contributed by atoms with E-state index in [1.807, 2.05) is 24.3 Å². The third kappa shape index (κ3) is 4.73. The highest BCUT2D eigenvalue weighted by molar-refractivity contribution is 14.1. The van der Waals surface area contributed by atoms with Crippen LogP contribution in [0.5, 0.6) is 5.75 Å². The molecule has 1 aliphatic heterocycles. The summed E-state index contributed by atoms with van der Waals surface area (Å²) in [6.45, 7) is 1.33. The summed E-state index contributed by atoms with van der Waals surface area (Å²) in [4.78, 5) is 25.0. The number of halogens is 2. The van der Waals surface area contributed by atoms with Crippen molar-refractivity contribution < 1.29 is 23.8 Å². The van der Waals surface area contributed by atoms with Crippen molar-refractivity contribution in [3.05, 3.63) is 98.9 Å². The van der Waals surface area contributed by atoms with Crippen LogP contribution >= 0.6 is 22.6 Å². The molecule has 5 nitrogen and oxygen atoms in total. The van der Waals surface area contributed by atoms with Crippen molar-refractivity contribution in [3.8, 4) is 5.75 Å². The molecule has 170 valence electrons. The van der Waals surface area contributed by atoms with Gasteiger partial charge in [0.1, 0.15) is 17.7 Å². The molecule has 1 heterocycles. The number of esters is 1. The van der Waals surface area contributed by atoms with E-state index >= 15 is 0 Å². The molecule has 4 rings (SSSR count). The van der Waals surface area contributed by atoms with Crippen LogP contribution in [0, 0.1) is 9.39 Å². The van der Waals surface area contributed by atoms with Gasteiger partial charge >= 0.3 is 5.97 Å². The number of β-lactam (4-membered cyclic amide) rings is 1. The van der Waals surface area contributed by atoms with E-state index in [1.54, 1.807) is 36.4 Å². The third-order valence-corrected chi connectivity index (χ3v) is 6.83. The van der Waals surface area contributed by atoms with Gasteiger partial charge in [-0.1, -0.05) is 36.4 Å². The van der Waals surface area contributed by atoms with E-state index in [1.165, 1.54) is 19.1 Å². The van der Waals surface area contributed by atoms with Crippen LogP contribution in [0.25, 0.3) is 0 Å². The topological polar surface area (TPSA) is 75.6 Å². The Morgan fingerprint density at radius 1 is 1.09 bits per heavy atom. The highest BCUT2D eigenvalue weighted by atomic mass is 127. The molecule has 1 amide bonds. The highest BCUT2D eigenvalue weighted by Gasteiger charge is 2.56. The molecule has 1 saturated heterocycles. The monoisotopic (exact) mass is 559 g/mol. The first-order valence-corrected chi connectivity index (χ1v) is 11.7. The number of benzene rings is 3. The normalized spacial score (nSPS) is 20.5. The van der Waals surface area contributed by atoms with Gasteiger partial charge in [0.05, 0.1) is 11.5 Å². The minimum Gasteiger partial charge on any atom is -0.508 e. The summed E-state index contributed by atoms with van der Waals surface area (Å²) in [6.07, 6.45) is 0.164. The van der Waals surface area contributed by atoms with Crippen molar-refractivity contribution in [2.75, 3.05) is 0 Å². The van der Waals surface area contributed by atoms with Gasteiger partial charge in [-0.3, -0.25) is 9.59 Å². The molecule has 2 N–H and O–H groups in total. The molecule has 0 radical (unpaired) electrons. The quantitative estimate of drug-likeness (QED) is 0.233. The molecule has 0 spiro atoms. The molecule has 0 saturated carbocycles. The zero-order chi connectivity index (χ0) is 23.6. The first-order valence-electron chi connectivity index (χ1n) is 10.6. The lowest BCUT2D eigenvalue weighted by Gasteiger charge is -2.50. The number of hydrogen-bond acceptors (Lipinski definition) is 4. The molecule has 1 aliphatic rings. The smallest absolute Gasteiger partial charge is 0.303 e. The molecule has 1 fully saturated rings. The fourth-order valence-corrected chi connectivity index (χ4v) is 4.81. The third-order valence-electron chi connectivity index (χ3n) is 6.11. The van der Waals surface area contributed by atoms with Crippen LogP contribution in [0.3, 0.4) is 0 Å². The molecular formula is C26H23FINO4. The minimum atomic E-state index is -0.875. The molecule has 3 atom stereocenters. The molecule has 1 unspecified atom stereocenters. The molecule has 0 bridgehead atoms. The Morgan fingerprint density at radius 3 is 2.30 bits per heavy atom. The van der Waals surface area contributed by atoms with Crippen molar-refractivity contribution >= 4 is 34.5 Å². The summed E-state index contributed by atoms with van der Waals surface area (Å²) < 4.78 is 20.1. The number of carbonyl (C=O) groups is 2. The fraction of sp³-hybridized carbons (Fsp3) is 0.231. The Hall–Kier alpha value is -2.94. The summed E-state index contributed by atoms with van der Waals surface area (Å²) in [5.74, 6) is -0.778. The number of amides is 1. The second-order valence-electron chi connectivity index (χ2n) is 8.16. The Bertz CT molecular complexity index is 1150. The SMILES string of the molecule is CC(=O)OC(CC[C@]1(c2ccc(I)cc2)C(=O)N[C@H]1c1ccc(O)cc1)c1ccc(F)cc1. The zero-order valence-corrected chi connectivity index (χ0v) is 20.1. The van der Waals surface area contributed by atoms with E-state index in [2.05, 4.69) is 27.9 Å². The van der Waals surface area contributed by atoms with Crippen molar-refractivity contribution in [1.29, 1.82) is 0 Å². The van der Waals surface area contributed by atoms with E-state index in [0.717, 1.165) is 14.7 Å². The summed E-state index contributed by atoms with van der Waals surface area (Å²) in [5.41, 5.74) is 1.53. The van der Waals surface area contributed by atoms with Gasteiger partial charge in [0, 0.05) is 10.5 Å². The van der Waals surface area contributed by atoms with E-state index in [4.69, 9.17) is 4.74 Å². The number of carbonyl (C=O) groups excluding carboxylic acids is 2. The first-order chi connectivity index (χ1) is 15.8. The number of aromatic hydroxyl groups is 1. The Balaban J connectivity index is 1.70. The Labute approximate surface area is 205 Å². The number of rotatable bonds is 7. The van der Waals surface area contributed by atoms with Crippen LogP contribution in [0.1, 0.15) is 48.6 Å². The number of hydrogen-bond donors (Lipinski definition) is 2. The van der Waals surface area contributed by atoms with Crippen molar-refractivity contribution in [2.45, 2.75) is 37.3 Å². The number of ether oxygens (including phenoxy) is 1.